The smallest absolute Gasteiger partial charge is 0.116 e. The molecule has 0 N–H and O–H groups in total. The van der Waals surface area contributed by atoms with Crippen LogP contribution in [0.2, 0.25) is 0 Å². The number of rotatable bonds is 6. The Kier molecular flexibility index (Phi) is 5.70. The molecule has 1 saturated heterocycles. The molecule has 0 saturated carbocycles. The summed E-state index contributed by atoms with van der Waals surface area (Å²) < 4.78 is 11.4. The van der Waals surface area contributed by atoms with Gasteiger partial charge in [-0.3, -0.25) is 0 Å². The summed E-state index contributed by atoms with van der Waals surface area (Å²) in [6, 6.07) is 10.2. The molecule has 1 aliphatic heterocycles. The predicted octanol–water partition coefficient (Wildman–Crippen LogP) is 4.23. The third-order valence-corrected chi connectivity index (χ3v) is 3.22. The average molecular weight is 258 g/mol. The van der Waals surface area contributed by atoms with Crippen LogP contribution < -0.4 is 0 Å². The van der Waals surface area contributed by atoms with Crippen LogP contribution in [0.25, 0.3) is 0 Å². The lowest BCUT2D eigenvalue weighted by molar-refractivity contribution is 0.103. The molecule has 102 valence electrons. The molecular formula is C17H22O2. The van der Waals surface area contributed by atoms with Gasteiger partial charge in [0.25, 0.3) is 0 Å². The van der Waals surface area contributed by atoms with E-state index >= 15 is 0 Å². The summed E-state index contributed by atoms with van der Waals surface area (Å²) in [6.07, 6.45) is 8.47. The Morgan fingerprint density at radius 3 is 2.95 bits per heavy atom. The zero-order chi connectivity index (χ0) is 13.3. The summed E-state index contributed by atoms with van der Waals surface area (Å²) in [4.78, 5) is 0. The molecule has 1 heterocycles. The normalized spacial score (nSPS) is 21.1. The van der Waals surface area contributed by atoms with Gasteiger partial charge in [0, 0.05) is 6.42 Å². The molecule has 0 radical (unpaired) electrons. The second-order valence-corrected chi connectivity index (χ2v) is 4.78. The summed E-state index contributed by atoms with van der Waals surface area (Å²) in [5.41, 5.74) is 1.22. The van der Waals surface area contributed by atoms with E-state index in [0.29, 0.717) is 6.61 Å². The highest BCUT2D eigenvalue weighted by atomic mass is 16.5. The monoisotopic (exact) mass is 258 g/mol. The van der Waals surface area contributed by atoms with Crippen LogP contribution in [-0.2, 0) is 16.1 Å². The highest BCUT2D eigenvalue weighted by Gasteiger charge is 2.13. The Hall–Kier alpha value is -1.54. The van der Waals surface area contributed by atoms with Crippen LogP contribution in [0.3, 0.4) is 0 Å². The zero-order valence-corrected chi connectivity index (χ0v) is 11.4. The molecular weight excluding hydrogens is 236 g/mol. The van der Waals surface area contributed by atoms with Crippen molar-refractivity contribution in [2.75, 3.05) is 6.61 Å². The number of hydrogen-bond acceptors (Lipinski definition) is 2. The van der Waals surface area contributed by atoms with E-state index in [4.69, 9.17) is 9.47 Å². The Labute approximate surface area is 115 Å². The fourth-order valence-electron chi connectivity index (χ4n) is 2.17. The molecule has 1 unspecified atom stereocenters. The predicted molar refractivity (Wildman–Crippen MR) is 77.7 cm³/mol. The lowest BCUT2D eigenvalue weighted by atomic mass is 10.1. The first kappa shape index (κ1) is 13.9. The lowest BCUT2D eigenvalue weighted by Crippen LogP contribution is -2.14. The van der Waals surface area contributed by atoms with Gasteiger partial charge in [-0.2, -0.15) is 0 Å². The highest BCUT2D eigenvalue weighted by Crippen LogP contribution is 2.22. The van der Waals surface area contributed by atoms with Gasteiger partial charge in [-0.05, 0) is 30.9 Å². The topological polar surface area (TPSA) is 18.5 Å². The van der Waals surface area contributed by atoms with E-state index in [2.05, 4.69) is 24.8 Å². The minimum absolute atomic E-state index is 0.199. The van der Waals surface area contributed by atoms with Gasteiger partial charge in [-0.15, -0.1) is 0 Å². The van der Waals surface area contributed by atoms with Crippen molar-refractivity contribution in [2.45, 2.75) is 38.4 Å². The highest BCUT2D eigenvalue weighted by molar-refractivity contribution is 5.13. The second-order valence-electron chi connectivity index (χ2n) is 4.78. The minimum atomic E-state index is 0.199. The second kappa shape index (κ2) is 7.80. The molecule has 0 aliphatic carbocycles. The summed E-state index contributed by atoms with van der Waals surface area (Å²) in [5, 5.41) is 0. The summed E-state index contributed by atoms with van der Waals surface area (Å²) in [5.74, 6) is 1.10. The molecule has 1 atom stereocenters. The SMILES string of the molecule is C=CC1CCC/C(=C\CCOCc2ccccc2)O1. The molecule has 0 spiro atoms. The number of allylic oxidation sites excluding steroid dienone is 1. The van der Waals surface area contributed by atoms with Gasteiger partial charge in [0.15, 0.2) is 0 Å². The van der Waals surface area contributed by atoms with Crippen LogP contribution in [-0.4, -0.2) is 12.7 Å². The maximum Gasteiger partial charge on any atom is 0.116 e. The van der Waals surface area contributed by atoms with E-state index in [1.165, 1.54) is 12.0 Å². The number of hydrogen-bond donors (Lipinski definition) is 0. The maximum absolute atomic E-state index is 5.79. The van der Waals surface area contributed by atoms with Gasteiger partial charge in [-0.1, -0.05) is 43.0 Å². The van der Waals surface area contributed by atoms with Crippen LogP contribution in [0.5, 0.6) is 0 Å². The van der Waals surface area contributed by atoms with Crippen molar-refractivity contribution in [3.8, 4) is 0 Å². The van der Waals surface area contributed by atoms with Crippen molar-refractivity contribution in [2.24, 2.45) is 0 Å². The minimum Gasteiger partial charge on any atom is -0.491 e. The first-order chi connectivity index (χ1) is 9.38. The van der Waals surface area contributed by atoms with Gasteiger partial charge >= 0.3 is 0 Å². The number of ether oxygens (including phenoxy) is 2. The van der Waals surface area contributed by atoms with Crippen LogP contribution >= 0.6 is 0 Å². The van der Waals surface area contributed by atoms with Crippen molar-refractivity contribution in [3.05, 3.63) is 60.4 Å². The van der Waals surface area contributed by atoms with Crippen molar-refractivity contribution >= 4 is 0 Å². The van der Waals surface area contributed by atoms with E-state index in [0.717, 1.165) is 31.6 Å². The average Bonchev–Trinajstić information content (AvgIpc) is 2.48. The third kappa shape index (κ3) is 4.92. The van der Waals surface area contributed by atoms with E-state index < -0.39 is 0 Å². The van der Waals surface area contributed by atoms with E-state index in [-0.39, 0.29) is 6.10 Å². The van der Waals surface area contributed by atoms with Gasteiger partial charge in [0.1, 0.15) is 6.10 Å². The first-order valence-corrected chi connectivity index (χ1v) is 6.98. The van der Waals surface area contributed by atoms with Crippen LogP contribution in [0.15, 0.2) is 54.8 Å². The standard InChI is InChI=1S/C17H22O2/c1-2-16-10-6-11-17(19-16)12-7-13-18-14-15-8-4-3-5-9-15/h2-5,8-9,12,16H,1,6-7,10-11,13-14H2/b17-12+. The van der Waals surface area contributed by atoms with E-state index in [1.807, 2.05) is 24.3 Å². The zero-order valence-electron chi connectivity index (χ0n) is 11.4. The molecule has 1 aromatic rings. The van der Waals surface area contributed by atoms with Gasteiger partial charge in [-0.25, -0.2) is 0 Å². The summed E-state index contributed by atoms with van der Waals surface area (Å²) >= 11 is 0. The Morgan fingerprint density at radius 2 is 2.16 bits per heavy atom. The number of benzene rings is 1. The van der Waals surface area contributed by atoms with E-state index in [9.17, 15) is 0 Å². The molecule has 0 aromatic heterocycles. The van der Waals surface area contributed by atoms with Crippen LogP contribution in [0, 0.1) is 0 Å². The Bertz CT molecular complexity index is 409. The Morgan fingerprint density at radius 1 is 1.32 bits per heavy atom. The Balaban J connectivity index is 1.64. The molecule has 1 fully saturated rings. The summed E-state index contributed by atoms with van der Waals surface area (Å²) in [6.45, 7) is 5.20. The van der Waals surface area contributed by atoms with Crippen molar-refractivity contribution in [1.29, 1.82) is 0 Å². The molecule has 1 aromatic carbocycles. The van der Waals surface area contributed by atoms with Crippen molar-refractivity contribution in [3.63, 3.8) is 0 Å². The third-order valence-electron chi connectivity index (χ3n) is 3.22. The van der Waals surface area contributed by atoms with Crippen molar-refractivity contribution < 1.29 is 9.47 Å². The van der Waals surface area contributed by atoms with E-state index in [1.54, 1.807) is 0 Å². The van der Waals surface area contributed by atoms with Crippen LogP contribution in [0.4, 0.5) is 0 Å². The van der Waals surface area contributed by atoms with Gasteiger partial charge in [0.05, 0.1) is 19.0 Å². The van der Waals surface area contributed by atoms with Gasteiger partial charge < -0.3 is 9.47 Å². The molecule has 2 nitrogen and oxygen atoms in total. The molecule has 1 aliphatic rings. The fourth-order valence-corrected chi connectivity index (χ4v) is 2.17. The molecule has 2 heteroatoms. The molecule has 0 amide bonds. The van der Waals surface area contributed by atoms with Crippen LogP contribution in [0.1, 0.15) is 31.2 Å². The largest absolute Gasteiger partial charge is 0.491 e. The molecule has 19 heavy (non-hydrogen) atoms. The summed E-state index contributed by atoms with van der Waals surface area (Å²) in [7, 11) is 0. The van der Waals surface area contributed by atoms with Crippen molar-refractivity contribution in [1.82, 2.24) is 0 Å². The van der Waals surface area contributed by atoms with Gasteiger partial charge in [0.2, 0.25) is 0 Å². The quantitative estimate of drug-likeness (QED) is 0.561. The maximum atomic E-state index is 5.79. The molecule has 0 bridgehead atoms. The lowest BCUT2D eigenvalue weighted by Gasteiger charge is -2.23. The molecule has 2 rings (SSSR count). The first-order valence-electron chi connectivity index (χ1n) is 6.98. The fraction of sp³-hybridized carbons (Fsp3) is 0.412.